The van der Waals surface area contributed by atoms with Gasteiger partial charge in [-0.2, -0.15) is 0 Å². The van der Waals surface area contributed by atoms with Crippen molar-refractivity contribution in [3.05, 3.63) is 28.7 Å². The van der Waals surface area contributed by atoms with Crippen molar-refractivity contribution in [1.82, 2.24) is 5.32 Å². The standard InChI is InChI=1S/C13H19BrN2O2/c1-9(7-15)13(17)16-8-10(2)18-12-5-3-4-11(14)6-12/h3-6,9-10H,7-8,15H2,1-2H3,(H,16,17). The molecule has 5 heteroatoms. The summed E-state index contributed by atoms with van der Waals surface area (Å²) in [5, 5.41) is 2.81. The van der Waals surface area contributed by atoms with Crippen molar-refractivity contribution in [3.8, 4) is 5.75 Å². The molecule has 1 rings (SSSR count). The smallest absolute Gasteiger partial charge is 0.224 e. The van der Waals surface area contributed by atoms with E-state index in [0.29, 0.717) is 13.1 Å². The van der Waals surface area contributed by atoms with E-state index >= 15 is 0 Å². The van der Waals surface area contributed by atoms with Crippen LogP contribution in [0, 0.1) is 5.92 Å². The second-order valence-electron chi connectivity index (χ2n) is 4.27. The van der Waals surface area contributed by atoms with Crippen LogP contribution in [0.2, 0.25) is 0 Å². The molecule has 0 saturated carbocycles. The molecule has 2 atom stereocenters. The molecule has 3 N–H and O–H groups in total. The van der Waals surface area contributed by atoms with Crippen molar-refractivity contribution in [3.63, 3.8) is 0 Å². The van der Waals surface area contributed by atoms with Crippen LogP contribution in [0.15, 0.2) is 28.7 Å². The molecule has 1 aromatic carbocycles. The van der Waals surface area contributed by atoms with Crippen LogP contribution in [0.3, 0.4) is 0 Å². The predicted octanol–water partition coefficient (Wildman–Crippen LogP) is 1.93. The quantitative estimate of drug-likeness (QED) is 0.843. The Morgan fingerprint density at radius 1 is 1.50 bits per heavy atom. The average molecular weight is 315 g/mol. The van der Waals surface area contributed by atoms with Crippen LogP contribution in [-0.2, 0) is 4.79 Å². The molecule has 0 radical (unpaired) electrons. The lowest BCUT2D eigenvalue weighted by Gasteiger charge is -2.17. The fourth-order valence-corrected chi connectivity index (χ4v) is 1.72. The van der Waals surface area contributed by atoms with Gasteiger partial charge in [0.2, 0.25) is 5.91 Å². The van der Waals surface area contributed by atoms with Crippen LogP contribution in [0.25, 0.3) is 0 Å². The van der Waals surface area contributed by atoms with Gasteiger partial charge in [0.1, 0.15) is 11.9 Å². The van der Waals surface area contributed by atoms with Gasteiger partial charge in [0, 0.05) is 16.9 Å². The highest BCUT2D eigenvalue weighted by Gasteiger charge is 2.12. The van der Waals surface area contributed by atoms with E-state index in [1.807, 2.05) is 31.2 Å². The number of hydrogen-bond donors (Lipinski definition) is 2. The van der Waals surface area contributed by atoms with E-state index in [0.717, 1.165) is 10.2 Å². The number of benzene rings is 1. The van der Waals surface area contributed by atoms with Gasteiger partial charge in [-0.3, -0.25) is 4.79 Å². The molecule has 18 heavy (non-hydrogen) atoms. The average Bonchev–Trinajstić information content (AvgIpc) is 2.35. The summed E-state index contributed by atoms with van der Waals surface area (Å²) in [4.78, 5) is 11.5. The van der Waals surface area contributed by atoms with Crippen molar-refractivity contribution >= 4 is 21.8 Å². The van der Waals surface area contributed by atoms with Crippen molar-refractivity contribution in [2.24, 2.45) is 11.7 Å². The zero-order valence-electron chi connectivity index (χ0n) is 10.7. The second kappa shape index (κ2) is 7.38. The molecule has 1 amide bonds. The summed E-state index contributed by atoms with van der Waals surface area (Å²) in [5.74, 6) is 0.572. The highest BCUT2D eigenvalue weighted by molar-refractivity contribution is 9.10. The summed E-state index contributed by atoms with van der Waals surface area (Å²) in [7, 11) is 0. The molecule has 0 heterocycles. The maximum atomic E-state index is 11.5. The number of nitrogens with two attached hydrogens (primary N) is 1. The third-order valence-corrected chi connectivity index (χ3v) is 2.99. The maximum Gasteiger partial charge on any atom is 0.224 e. The lowest BCUT2D eigenvalue weighted by molar-refractivity contribution is -0.124. The molecule has 0 aliphatic heterocycles. The Kier molecular flexibility index (Phi) is 6.15. The molecule has 0 aliphatic carbocycles. The van der Waals surface area contributed by atoms with E-state index in [2.05, 4.69) is 21.2 Å². The van der Waals surface area contributed by atoms with Crippen molar-refractivity contribution in [1.29, 1.82) is 0 Å². The lowest BCUT2D eigenvalue weighted by Crippen LogP contribution is -2.38. The van der Waals surface area contributed by atoms with Crippen molar-refractivity contribution < 1.29 is 9.53 Å². The van der Waals surface area contributed by atoms with Gasteiger partial charge < -0.3 is 15.8 Å². The number of ether oxygens (including phenoxy) is 1. The highest BCUT2D eigenvalue weighted by Crippen LogP contribution is 2.18. The Morgan fingerprint density at radius 3 is 2.83 bits per heavy atom. The van der Waals surface area contributed by atoms with E-state index in [4.69, 9.17) is 10.5 Å². The van der Waals surface area contributed by atoms with E-state index < -0.39 is 0 Å². The van der Waals surface area contributed by atoms with Crippen LogP contribution < -0.4 is 15.8 Å². The van der Waals surface area contributed by atoms with Gasteiger partial charge in [0.25, 0.3) is 0 Å². The van der Waals surface area contributed by atoms with Crippen LogP contribution in [0.5, 0.6) is 5.75 Å². The first kappa shape index (κ1) is 15.0. The monoisotopic (exact) mass is 314 g/mol. The molecule has 0 aromatic heterocycles. The first-order chi connectivity index (χ1) is 8.52. The number of nitrogens with one attached hydrogen (secondary N) is 1. The van der Waals surface area contributed by atoms with Gasteiger partial charge in [-0.15, -0.1) is 0 Å². The van der Waals surface area contributed by atoms with Gasteiger partial charge in [0.15, 0.2) is 0 Å². The van der Waals surface area contributed by atoms with Gasteiger partial charge >= 0.3 is 0 Å². The second-order valence-corrected chi connectivity index (χ2v) is 5.18. The largest absolute Gasteiger partial charge is 0.489 e. The van der Waals surface area contributed by atoms with Gasteiger partial charge in [-0.1, -0.05) is 28.9 Å². The van der Waals surface area contributed by atoms with E-state index in [1.54, 1.807) is 6.92 Å². The van der Waals surface area contributed by atoms with Gasteiger partial charge in [0.05, 0.1) is 6.54 Å². The minimum Gasteiger partial charge on any atom is -0.489 e. The fraction of sp³-hybridized carbons (Fsp3) is 0.462. The highest BCUT2D eigenvalue weighted by atomic mass is 79.9. The molecular formula is C13H19BrN2O2. The maximum absolute atomic E-state index is 11.5. The summed E-state index contributed by atoms with van der Waals surface area (Å²) >= 11 is 3.38. The van der Waals surface area contributed by atoms with Crippen LogP contribution in [0.1, 0.15) is 13.8 Å². The first-order valence-corrected chi connectivity index (χ1v) is 6.72. The fourth-order valence-electron chi connectivity index (χ4n) is 1.34. The Bertz CT molecular complexity index is 398. The number of amides is 1. The summed E-state index contributed by atoms with van der Waals surface area (Å²) in [6, 6.07) is 7.61. The SMILES string of the molecule is CC(CNC(=O)C(C)CN)Oc1cccc(Br)c1. The molecule has 0 bridgehead atoms. The molecule has 0 saturated heterocycles. The summed E-state index contributed by atoms with van der Waals surface area (Å²) < 4.78 is 6.65. The van der Waals surface area contributed by atoms with Gasteiger partial charge in [-0.25, -0.2) is 0 Å². The molecule has 100 valence electrons. The number of hydrogen-bond acceptors (Lipinski definition) is 3. The summed E-state index contributed by atoms with van der Waals surface area (Å²) in [6.45, 7) is 4.53. The zero-order valence-corrected chi connectivity index (χ0v) is 12.2. The van der Waals surface area contributed by atoms with Gasteiger partial charge in [-0.05, 0) is 25.1 Å². The summed E-state index contributed by atoms with van der Waals surface area (Å²) in [5.41, 5.74) is 5.42. The summed E-state index contributed by atoms with van der Waals surface area (Å²) in [6.07, 6.45) is -0.0896. The Labute approximate surface area is 116 Å². The molecule has 2 unspecified atom stereocenters. The lowest BCUT2D eigenvalue weighted by atomic mass is 10.1. The Balaban J connectivity index is 2.38. The molecule has 0 spiro atoms. The predicted molar refractivity (Wildman–Crippen MR) is 75.5 cm³/mol. The number of carbonyl (C=O) groups excluding carboxylic acids is 1. The van der Waals surface area contributed by atoms with Crippen LogP contribution in [-0.4, -0.2) is 25.1 Å². The zero-order chi connectivity index (χ0) is 13.5. The van der Waals surface area contributed by atoms with E-state index in [9.17, 15) is 4.79 Å². The normalized spacial score (nSPS) is 13.8. The molecule has 0 fully saturated rings. The molecular weight excluding hydrogens is 296 g/mol. The Morgan fingerprint density at radius 2 is 2.22 bits per heavy atom. The molecule has 0 aliphatic rings. The van der Waals surface area contributed by atoms with Crippen LogP contribution >= 0.6 is 15.9 Å². The first-order valence-electron chi connectivity index (χ1n) is 5.93. The van der Waals surface area contributed by atoms with E-state index in [1.165, 1.54) is 0 Å². The third kappa shape index (κ3) is 5.06. The minimum atomic E-state index is -0.164. The van der Waals surface area contributed by atoms with Crippen LogP contribution in [0.4, 0.5) is 0 Å². The Hall–Kier alpha value is -1.07. The molecule has 1 aromatic rings. The van der Waals surface area contributed by atoms with Crippen molar-refractivity contribution in [2.45, 2.75) is 20.0 Å². The van der Waals surface area contributed by atoms with E-state index in [-0.39, 0.29) is 17.9 Å². The topological polar surface area (TPSA) is 64.4 Å². The minimum absolute atomic E-state index is 0.0396. The third-order valence-electron chi connectivity index (χ3n) is 2.50. The number of rotatable bonds is 6. The number of carbonyl (C=O) groups is 1. The number of halogens is 1. The molecule has 4 nitrogen and oxygen atoms in total. The van der Waals surface area contributed by atoms with Crippen molar-refractivity contribution in [2.75, 3.05) is 13.1 Å².